The summed E-state index contributed by atoms with van der Waals surface area (Å²) in [5.74, 6) is 0.306. The Balaban J connectivity index is 2.49. The average molecular weight is 264 g/mol. The third kappa shape index (κ3) is 5.44. The number of unbranched alkanes of at least 4 members (excludes halogenated alkanes) is 1. The SMILES string of the molecule is COc1cc(/C=C\C(=O)NCCCCN)ccc1O. The molecule has 0 fully saturated rings. The number of carbonyl (C=O) groups excluding carboxylic acids is 1. The first-order chi connectivity index (χ1) is 9.17. The highest BCUT2D eigenvalue weighted by Gasteiger charge is 2.01. The molecular weight excluding hydrogens is 244 g/mol. The number of nitrogens with two attached hydrogens (primary N) is 1. The Morgan fingerprint density at radius 1 is 1.47 bits per heavy atom. The van der Waals surface area contributed by atoms with E-state index in [0.29, 0.717) is 18.8 Å². The Bertz CT molecular complexity index is 444. The quantitative estimate of drug-likeness (QED) is 0.511. The van der Waals surface area contributed by atoms with E-state index >= 15 is 0 Å². The van der Waals surface area contributed by atoms with Gasteiger partial charge in [-0.25, -0.2) is 0 Å². The van der Waals surface area contributed by atoms with Crippen molar-refractivity contribution in [3.05, 3.63) is 29.8 Å². The number of nitrogens with one attached hydrogen (secondary N) is 1. The van der Waals surface area contributed by atoms with Crippen LogP contribution in [0.4, 0.5) is 0 Å². The zero-order valence-corrected chi connectivity index (χ0v) is 11.1. The highest BCUT2D eigenvalue weighted by atomic mass is 16.5. The molecule has 5 nitrogen and oxygen atoms in total. The van der Waals surface area contributed by atoms with Crippen molar-refractivity contribution < 1.29 is 14.6 Å². The van der Waals surface area contributed by atoms with Crippen LogP contribution in [0, 0.1) is 0 Å². The van der Waals surface area contributed by atoms with Crippen molar-refractivity contribution >= 4 is 12.0 Å². The Morgan fingerprint density at radius 3 is 2.95 bits per heavy atom. The van der Waals surface area contributed by atoms with E-state index in [-0.39, 0.29) is 11.7 Å². The predicted octanol–water partition coefficient (Wildman–Crippen LogP) is 1.27. The summed E-state index contributed by atoms with van der Waals surface area (Å²) in [5.41, 5.74) is 6.14. The number of amides is 1. The summed E-state index contributed by atoms with van der Waals surface area (Å²) < 4.78 is 4.99. The molecule has 5 heteroatoms. The maximum absolute atomic E-state index is 11.5. The fraction of sp³-hybridized carbons (Fsp3) is 0.357. The maximum Gasteiger partial charge on any atom is 0.243 e. The minimum absolute atomic E-state index is 0.0749. The van der Waals surface area contributed by atoms with Crippen LogP contribution in [-0.4, -0.2) is 31.2 Å². The molecule has 1 aromatic carbocycles. The normalized spacial score (nSPS) is 10.6. The van der Waals surface area contributed by atoms with Gasteiger partial charge in [0.15, 0.2) is 11.5 Å². The van der Waals surface area contributed by atoms with Crippen molar-refractivity contribution in [2.24, 2.45) is 5.73 Å². The van der Waals surface area contributed by atoms with Crippen LogP contribution in [-0.2, 0) is 4.79 Å². The number of benzene rings is 1. The van der Waals surface area contributed by atoms with Gasteiger partial charge in [0.25, 0.3) is 0 Å². The third-order valence-electron chi connectivity index (χ3n) is 2.56. The van der Waals surface area contributed by atoms with Crippen LogP contribution in [0.3, 0.4) is 0 Å². The zero-order valence-electron chi connectivity index (χ0n) is 11.1. The number of phenols is 1. The lowest BCUT2D eigenvalue weighted by Gasteiger charge is -2.04. The molecule has 0 saturated heterocycles. The van der Waals surface area contributed by atoms with Crippen LogP contribution in [0.25, 0.3) is 6.08 Å². The van der Waals surface area contributed by atoms with Crippen LogP contribution in [0.2, 0.25) is 0 Å². The predicted molar refractivity (Wildman–Crippen MR) is 75.0 cm³/mol. The Kier molecular flexibility index (Phi) is 6.46. The number of aromatic hydroxyl groups is 1. The molecule has 1 rings (SSSR count). The third-order valence-corrected chi connectivity index (χ3v) is 2.56. The van der Waals surface area contributed by atoms with Crippen molar-refractivity contribution in [2.75, 3.05) is 20.2 Å². The minimum atomic E-state index is -0.149. The standard InChI is InChI=1S/C14H20N2O3/c1-19-13-10-11(4-6-12(13)17)5-7-14(18)16-9-3-2-8-15/h4-7,10,17H,2-3,8-9,15H2,1H3,(H,16,18)/b7-5-. The molecule has 0 aromatic heterocycles. The second-order valence-corrected chi connectivity index (χ2v) is 4.05. The first kappa shape index (κ1) is 15.0. The molecule has 4 N–H and O–H groups in total. The number of hydrogen-bond donors (Lipinski definition) is 3. The summed E-state index contributed by atoms with van der Waals surface area (Å²) in [6, 6.07) is 4.89. The van der Waals surface area contributed by atoms with E-state index < -0.39 is 0 Å². The number of rotatable bonds is 7. The van der Waals surface area contributed by atoms with Crippen LogP contribution >= 0.6 is 0 Å². The second-order valence-electron chi connectivity index (χ2n) is 4.05. The topological polar surface area (TPSA) is 84.6 Å². The van der Waals surface area contributed by atoms with Crippen LogP contribution < -0.4 is 15.8 Å². The Labute approximate surface area is 113 Å². The summed E-state index contributed by atoms with van der Waals surface area (Å²) in [6.07, 6.45) is 4.90. The number of methoxy groups -OCH3 is 1. The molecular formula is C14H20N2O3. The molecule has 0 saturated carbocycles. The van der Waals surface area contributed by atoms with Gasteiger partial charge in [-0.3, -0.25) is 4.79 Å². The lowest BCUT2D eigenvalue weighted by atomic mass is 10.2. The smallest absolute Gasteiger partial charge is 0.243 e. The van der Waals surface area contributed by atoms with Crippen LogP contribution in [0.5, 0.6) is 11.5 Å². The molecule has 1 amide bonds. The van der Waals surface area contributed by atoms with Gasteiger partial charge in [-0.1, -0.05) is 6.07 Å². The molecule has 19 heavy (non-hydrogen) atoms. The summed E-state index contributed by atoms with van der Waals surface area (Å²) in [6.45, 7) is 1.26. The van der Waals surface area contributed by atoms with Gasteiger partial charge in [0.05, 0.1) is 7.11 Å². The van der Waals surface area contributed by atoms with Gasteiger partial charge in [-0.05, 0) is 43.2 Å². The maximum atomic E-state index is 11.5. The van der Waals surface area contributed by atoms with Crippen LogP contribution in [0.15, 0.2) is 24.3 Å². The fourth-order valence-electron chi connectivity index (χ4n) is 1.51. The van der Waals surface area contributed by atoms with E-state index in [2.05, 4.69) is 5.32 Å². The average Bonchev–Trinajstić information content (AvgIpc) is 2.42. The molecule has 1 aromatic rings. The molecule has 0 spiro atoms. The van der Waals surface area contributed by atoms with E-state index in [1.807, 2.05) is 0 Å². The fourth-order valence-corrected chi connectivity index (χ4v) is 1.51. The lowest BCUT2D eigenvalue weighted by Crippen LogP contribution is -2.22. The van der Waals surface area contributed by atoms with E-state index in [0.717, 1.165) is 18.4 Å². The number of carbonyl (C=O) groups is 1. The number of phenolic OH excluding ortho intramolecular Hbond substituents is 1. The molecule has 0 aliphatic heterocycles. The molecule has 0 atom stereocenters. The highest BCUT2D eigenvalue weighted by molar-refractivity contribution is 5.91. The van der Waals surface area contributed by atoms with Crippen molar-refractivity contribution in [1.29, 1.82) is 0 Å². The van der Waals surface area contributed by atoms with Gasteiger partial charge in [-0.15, -0.1) is 0 Å². The van der Waals surface area contributed by atoms with Gasteiger partial charge >= 0.3 is 0 Å². The summed E-state index contributed by atoms with van der Waals surface area (Å²) in [4.78, 5) is 11.5. The lowest BCUT2D eigenvalue weighted by molar-refractivity contribution is -0.116. The van der Waals surface area contributed by atoms with Crippen molar-refractivity contribution in [1.82, 2.24) is 5.32 Å². The van der Waals surface area contributed by atoms with Gasteiger partial charge in [0.2, 0.25) is 5.91 Å². The second kappa shape index (κ2) is 8.16. The van der Waals surface area contributed by atoms with Crippen LogP contribution in [0.1, 0.15) is 18.4 Å². The Morgan fingerprint density at radius 2 is 2.26 bits per heavy atom. The monoisotopic (exact) mass is 264 g/mol. The molecule has 0 unspecified atom stereocenters. The van der Waals surface area contributed by atoms with Crippen molar-refractivity contribution in [3.8, 4) is 11.5 Å². The summed E-state index contributed by atoms with van der Waals surface area (Å²) in [5, 5.41) is 12.2. The van der Waals surface area contributed by atoms with Gasteiger partial charge in [0.1, 0.15) is 0 Å². The molecule has 0 aliphatic rings. The first-order valence-electron chi connectivity index (χ1n) is 6.20. The van der Waals surface area contributed by atoms with E-state index in [4.69, 9.17) is 10.5 Å². The molecule has 0 bridgehead atoms. The molecule has 0 radical (unpaired) electrons. The van der Waals surface area contributed by atoms with Gasteiger partial charge in [0, 0.05) is 12.6 Å². The largest absolute Gasteiger partial charge is 0.504 e. The first-order valence-corrected chi connectivity index (χ1v) is 6.20. The van der Waals surface area contributed by atoms with Gasteiger partial charge in [-0.2, -0.15) is 0 Å². The number of ether oxygens (including phenoxy) is 1. The number of hydrogen-bond acceptors (Lipinski definition) is 4. The van der Waals surface area contributed by atoms with E-state index in [9.17, 15) is 9.90 Å². The molecule has 0 heterocycles. The zero-order chi connectivity index (χ0) is 14.1. The highest BCUT2D eigenvalue weighted by Crippen LogP contribution is 2.26. The minimum Gasteiger partial charge on any atom is -0.504 e. The van der Waals surface area contributed by atoms with E-state index in [1.165, 1.54) is 19.3 Å². The summed E-state index contributed by atoms with van der Waals surface area (Å²) in [7, 11) is 1.48. The summed E-state index contributed by atoms with van der Waals surface area (Å²) >= 11 is 0. The van der Waals surface area contributed by atoms with Crippen molar-refractivity contribution in [2.45, 2.75) is 12.8 Å². The Hall–Kier alpha value is -2.01. The molecule has 104 valence electrons. The van der Waals surface area contributed by atoms with Gasteiger partial charge < -0.3 is 20.9 Å². The van der Waals surface area contributed by atoms with E-state index in [1.54, 1.807) is 18.2 Å². The van der Waals surface area contributed by atoms with Crippen molar-refractivity contribution in [3.63, 3.8) is 0 Å². The molecule has 0 aliphatic carbocycles.